The highest BCUT2D eigenvalue weighted by Crippen LogP contribution is 2.21. The zero-order chi connectivity index (χ0) is 13.1. The average molecular weight is 242 g/mol. The summed E-state index contributed by atoms with van der Waals surface area (Å²) in [6, 6.07) is 0.879. The standard InChI is InChI=1S/C13H26N2O2/c1-5-10(2)15-9-13(3,4)14-8-11(15)6-7-12(16)17/h10-11,14H,5-9H2,1-4H3,(H,16,17). The number of carbonyl (C=O) groups is 1. The molecule has 1 aliphatic rings. The highest BCUT2D eigenvalue weighted by molar-refractivity contribution is 5.66. The van der Waals surface area contributed by atoms with E-state index in [9.17, 15) is 4.79 Å². The fourth-order valence-corrected chi connectivity index (χ4v) is 2.46. The van der Waals surface area contributed by atoms with E-state index in [2.05, 4.69) is 37.9 Å². The summed E-state index contributed by atoms with van der Waals surface area (Å²) in [5.41, 5.74) is 0.128. The first-order valence-electron chi connectivity index (χ1n) is 6.58. The van der Waals surface area contributed by atoms with Crippen molar-refractivity contribution >= 4 is 5.97 Å². The second kappa shape index (κ2) is 5.83. The molecule has 0 saturated carbocycles. The van der Waals surface area contributed by atoms with Gasteiger partial charge in [-0.1, -0.05) is 6.92 Å². The number of carboxylic acids is 1. The van der Waals surface area contributed by atoms with Gasteiger partial charge in [-0.3, -0.25) is 9.69 Å². The first-order valence-corrected chi connectivity index (χ1v) is 6.58. The molecule has 0 radical (unpaired) electrons. The molecular weight excluding hydrogens is 216 g/mol. The molecule has 0 aromatic rings. The van der Waals surface area contributed by atoms with Gasteiger partial charge in [0, 0.05) is 37.1 Å². The number of nitrogens with one attached hydrogen (secondary N) is 1. The monoisotopic (exact) mass is 242 g/mol. The van der Waals surface area contributed by atoms with E-state index in [1.165, 1.54) is 0 Å². The number of rotatable bonds is 5. The van der Waals surface area contributed by atoms with Gasteiger partial charge < -0.3 is 10.4 Å². The molecule has 0 aliphatic carbocycles. The molecule has 1 fully saturated rings. The summed E-state index contributed by atoms with van der Waals surface area (Å²) in [6.45, 7) is 10.7. The lowest BCUT2D eigenvalue weighted by atomic mass is 9.94. The van der Waals surface area contributed by atoms with E-state index in [1.807, 2.05) is 0 Å². The Morgan fingerprint density at radius 3 is 2.76 bits per heavy atom. The van der Waals surface area contributed by atoms with E-state index in [0.717, 1.165) is 25.9 Å². The third-order valence-corrected chi connectivity index (χ3v) is 3.71. The molecule has 0 spiro atoms. The highest BCUT2D eigenvalue weighted by atomic mass is 16.4. The summed E-state index contributed by atoms with van der Waals surface area (Å²) >= 11 is 0. The van der Waals surface area contributed by atoms with E-state index in [-0.39, 0.29) is 12.0 Å². The fourth-order valence-electron chi connectivity index (χ4n) is 2.46. The highest BCUT2D eigenvalue weighted by Gasteiger charge is 2.34. The average Bonchev–Trinajstić information content (AvgIpc) is 2.25. The molecule has 1 heterocycles. The molecule has 2 N–H and O–H groups in total. The molecule has 0 aromatic heterocycles. The van der Waals surface area contributed by atoms with Crippen molar-refractivity contribution in [2.24, 2.45) is 0 Å². The molecule has 2 atom stereocenters. The number of carboxylic acid groups (broad SMARTS) is 1. The molecule has 1 rings (SSSR count). The van der Waals surface area contributed by atoms with Gasteiger partial charge in [0.05, 0.1) is 0 Å². The molecule has 0 amide bonds. The molecule has 4 nitrogen and oxygen atoms in total. The summed E-state index contributed by atoms with van der Waals surface area (Å²) in [5, 5.41) is 12.3. The van der Waals surface area contributed by atoms with Crippen LogP contribution >= 0.6 is 0 Å². The number of hydrogen-bond donors (Lipinski definition) is 2. The van der Waals surface area contributed by atoms with Gasteiger partial charge in [0.25, 0.3) is 0 Å². The third-order valence-electron chi connectivity index (χ3n) is 3.71. The summed E-state index contributed by atoms with van der Waals surface area (Å²) in [6.07, 6.45) is 2.11. The molecule has 17 heavy (non-hydrogen) atoms. The SMILES string of the molecule is CCC(C)N1CC(C)(C)NCC1CCC(=O)O. The molecule has 1 saturated heterocycles. The number of piperazine rings is 1. The van der Waals surface area contributed by atoms with Gasteiger partial charge in [-0.25, -0.2) is 0 Å². The van der Waals surface area contributed by atoms with Crippen molar-refractivity contribution in [2.75, 3.05) is 13.1 Å². The first kappa shape index (κ1) is 14.5. The topological polar surface area (TPSA) is 52.6 Å². The quantitative estimate of drug-likeness (QED) is 0.770. The third kappa shape index (κ3) is 4.28. The Kier molecular flexibility index (Phi) is 4.95. The maximum Gasteiger partial charge on any atom is 0.303 e. The van der Waals surface area contributed by atoms with Crippen molar-refractivity contribution in [2.45, 2.75) is 64.6 Å². The van der Waals surface area contributed by atoms with Crippen LogP contribution in [-0.2, 0) is 4.79 Å². The van der Waals surface area contributed by atoms with Gasteiger partial charge in [0.1, 0.15) is 0 Å². The van der Waals surface area contributed by atoms with Gasteiger partial charge in [0.2, 0.25) is 0 Å². The largest absolute Gasteiger partial charge is 0.481 e. The maximum absolute atomic E-state index is 10.7. The van der Waals surface area contributed by atoms with Crippen molar-refractivity contribution in [3.63, 3.8) is 0 Å². The van der Waals surface area contributed by atoms with Gasteiger partial charge in [-0.2, -0.15) is 0 Å². The number of hydrogen-bond acceptors (Lipinski definition) is 3. The normalized spacial score (nSPS) is 26.7. The predicted octanol–water partition coefficient (Wildman–Crippen LogP) is 1.70. The van der Waals surface area contributed by atoms with Crippen LogP contribution in [0.3, 0.4) is 0 Å². The van der Waals surface area contributed by atoms with E-state index < -0.39 is 5.97 Å². The minimum absolute atomic E-state index is 0.128. The van der Waals surface area contributed by atoms with Crippen LogP contribution < -0.4 is 5.32 Å². The summed E-state index contributed by atoms with van der Waals surface area (Å²) in [4.78, 5) is 13.1. The number of aliphatic carboxylic acids is 1. The Morgan fingerprint density at radius 1 is 1.59 bits per heavy atom. The van der Waals surface area contributed by atoms with Crippen LogP contribution in [0.25, 0.3) is 0 Å². The summed E-state index contributed by atoms with van der Waals surface area (Å²) in [7, 11) is 0. The molecule has 100 valence electrons. The Balaban J connectivity index is 2.63. The molecular formula is C13H26N2O2. The zero-order valence-corrected chi connectivity index (χ0v) is 11.5. The minimum atomic E-state index is -0.695. The van der Waals surface area contributed by atoms with E-state index >= 15 is 0 Å². The minimum Gasteiger partial charge on any atom is -0.481 e. The van der Waals surface area contributed by atoms with Crippen molar-refractivity contribution in [3.05, 3.63) is 0 Å². The first-order chi connectivity index (χ1) is 7.85. The van der Waals surface area contributed by atoms with Gasteiger partial charge >= 0.3 is 5.97 Å². The predicted molar refractivity (Wildman–Crippen MR) is 69.2 cm³/mol. The van der Waals surface area contributed by atoms with Gasteiger partial charge in [-0.05, 0) is 33.6 Å². The van der Waals surface area contributed by atoms with E-state index in [0.29, 0.717) is 12.1 Å². The van der Waals surface area contributed by atoms with Crippen LogP contribution in [0.4, 0.5) is 0 Å². The Labute approximate surface area is 104 Å². The Hall–Kier alpha value is -0.610. The van der Waals surface area contributed by atoms with Crippen molar-refractivity contribution in [1.29, 1.82) is 0 Å². The van der Waals surface area contributed by atoms with Crippen LogP contribution in [0.5, 0.6) is 0 Å². The molecule has 1 aliphatic heterocycles. The van der Waals surface area contributed by atoms with Crippen LogP contribution in [0, 0.1) is 0 Å². The van der Waals surface area contributed by atoms with Crippen molar-refractivity contribution in [1.82, 2.24) is 10.2 Å². The Morgan fingerprint density at radius 2 is 2.24 bits per heavy atom. The summed E-state index contributed by atoms with van der Waals surface area (Å²) < 4.78 is 0. The molecule has 0 bridgehead atoms. The maximum atomic E-state index is 10.7. The van der Waals surface area contributed by atoms with Gasteiger partial charge in [-0.15, -0.1) is 0 Å². The lowest BCUT2D eigenvalue weighted by Gasteiger charge is -2.47. The van der Waals surface area contributed by atoms with E-state index in [1.54, 1.807) is 0 Å². The number of nitrogens with zero attached hydrogens (tertiary/aromatic N) is 1. The Bertz CT molecular complexity index is 266. The zero-order valence-electron chi connectivity index (χ0n) is 11.5. The smallest absolute Gasteiger partial charge is 0.303 e. The lowest BCUT2D eigenvalue weighted by Crippen LogP contribution is -2.63. The van der Waals surface area contributed by atoms with Crippen molar-refractivity contribution < 1.29 is 9.90 Å². The molecule has 2 unspecified atom stereocenters. The summed E-state index contributed by atoms with van der Waals surface area (Å²) in [5.74, 6) is -0.695. The fraction of sp³-hybridized carbons (Fsp3) is 0.923. The second-order valence-corrected chi connectivity index (χ2v) is 5.78. The second-order valence-electron chi connectivity index (χ2n) is 5.78. The van der Waals surface area contributed by atoms with Crippen LogP contribution in [0.15, 0.2) is 0 Å². The van der Waals surface area contributed by atoms with Gasteiger partial charge in [0.15, 0.2) is 0 Å². The van der Waals surface area contributed by atoms with Crippen LogP contribution in [-0.4, -0.2) is 46.7 Å². The van der Waals surface area contributed by atoms with Crippen LogP contribution in [0.2, 0.25) is 0 Å². The van der Waals surface area contributed by atoms with Crippen LogP contribution in [0.1, 0.15) is 47.0 Å². The van der Waals surface area contributed by atoms with Crippen molar-refractivity contribution in [3.8, 4) is 0 Å². The van der Waals surface area contributed by atoms with E-state index in [4.69, 9.17) is 5.11 Å². The lowest BCUT2D eigenvalue weighted by molar-refractivity contribution is -0.137. The molecule has 0 aromatic carbocycles. The molecule has 4 heteroatoms.